The van der Waals surface area contributed by atoms with E-state index in [4.69, 9.17) is 14.2 Å². The molecule has 1 unspecified atom stereocenters. The molecule has 2 aliphatic rings. The smallest absolute Gasteiger partial charge is 0.318 e. The Hall–Kier alpha value is -3.42. The summed E-state index contributed by atoms with van der Waals surface area (Å²) in [6.07, 6.45) is 4.94. The predicted octanol–water partition coefficient (Wildman–Crippen LogP) is 3.82. The van der Waals surface area contributed by atoms with E-state index in [1.165, 1.54) is 0 Å². The quantitative estimate of drug-likeness (QED) is 0.628. The van der Waals surface area contributed by atoms with Crippen molar-refractivity contribution in [3.63, 3.8) is 0 Å². The number of hydrogen-bond acceptors (Lipinski definition) is 5. The number of rotatable bonds is 7. The zero-order valence-electron chi connectivity index (χ0n) is 20.9. The minimum absolute atomic E-state index is 0.143. The summed E-state index contributed by atoms with van der Waals surface area (Å²) in [5.41, 5.74) is 3.01. The van der Waals surface area contributed by atoms with E-state index in [9.17, 15) is 9.59 Å². The van der Waals surface area contributed by atoms with Gasteiger partial charge in [0.25, 0.3) is 0 Å². The molecule has 2 atom stereocenters. The van der Waals surface area contributed by atoms with Gasteiger partial charge in [-0.1, -0.05) is 25.0 Å². The Balaban J connectivity index is 1.62. The fourth-order valence-corrected chi connectivity index (χ4v) is 5.04. The highest BCUT2D eigenvalue weighted by molar-refractivity contribution is 5.87. The highest BCUT2D eigenvalue weighted by Crippen LogP contribution is 2.41. The third-order valence-corrected chi connectivity index (χ3v) is 7.00. The van der Waals surface area contributed by atoms with Crippen molar-refractivity contribution in [2.45, 2.75) is 57.2 Å². The fourth-order valence-electron chi connectivity index (χ4n) is 5.04. The SMILES string of the molecule is COc1ccc(C2c3cc(OC)c(OC)cc3CCN2C(=O)N[C@H](C)C(=O)NC2CCCC2)cc1. The van der Waals surface area contributed by atoms with Gasteiger partial charge in [0.2, 0.25) is 5.91 Å². The molecule has 2 N–H and O–H groups in total. The molecule has 188 valence electrons. The van der Waals surface area contributed by atoms with E-state index in [0.717, 1.165) is 48.1 Å². The van der Waals surface area contributed by atoms with Crippen molar-refractivity contribution in [3.8, 4) is 17.2 Å². The largest absolute Gasteiger partial charge is 0.497 e. The Kier molecular flexibility index (Phi) is 7.68. The van der Waals surface area contributed by atoms with E-state index in [-0.39, 0.29) is 24.0 Å². The second kappa shape index (κ2) is 10.9. The summed E-state index contributed by atoms with van der Waals surface area (Å²) in [6, 6.07) is 10.6. The Morgan fingerprint density at radius 1 is 0.971 bits per heavy atom. The number of ether oxygens (including phenoxy) is 3. The van der Waals surface area contributed by atoms with Crippen molar-refractivity contribution < 1.29 is 23.8 Å². The third-order valence-electron chi connectivity index (χ3n) is 7.00. The highest BCUT2D eigenvalue weighted by atomic mass is 16.5. The van der Waals surface area contributed by atoms with E-state index >= 15 is 0 Å². The first-order valence-corrected chi connectivity index (χ1v) is 12.2. The maximum atomic E-state index is 13.5. The molecular formula is C27H35N3O5. The predicted molar refractivity (Wildman–Crippen MR) is 133 cm³/mol. The second-order valence-electron chi connectivity index (χ2n) is 9.19. The van der Waals surface area contributed by atoms with Gasteiger partial charge in [0.05, 0.1) is 27.4 Å². The van der Waals surface area contributed by atoms with Crippen molar-refractivity contribution in [2.24, 2.45) is 0 Å². The molecule has 0 bridgehead atoms. The zero-order chi connectivity index (χ0) is 24.9. The molecule has 0 radical (unpaired) electrons. The molecule has 1 aliphatic heterocycles. The van der Waals surface area contributed by atoms with E-state index in [0.29, 0.717) is 24.5 Å². The summed E-state index contributed by atoms with van der Waals surface area (Å²) < 4.78 is 16.4. The molecule has 35 heavy (non-hydrogen) atoms. The summed E-state index contributed by atoms with van der Waals surface area (Å²) >= 11 is 0. The average Bonchev–Trinajstić information content (AvgIpc) is 3.40. The summed E-state index contributed by atoms with van der Waals surface area (Å²) in [5, 5.41) is 5.99. The van der Waals surface area contributed by atoms with E-state index in [1.54, 1.807) is 33.2 Å². The van der Waals surface area contributed by atoms with Crippen molar-refractivity contribution >= 4 is 11.9 Å². The lowest BCUT2D eigenvalue weighted by atomic mass is 9.87. The Labute approximate surface area is 206 Å². The number of fused-ring (bicyclic) bond motifs is 1. The molecule has 1 saturated carbocycles. The Morgan fingerprint density at radius 2 is 1.63 bits per heavy atom. The number of benzene rings is 2. The molecule has 2 aromatic carbocycles. The fraction of sp³-hybridized carbons (Fsp3) is 0.481. The lowest BCUT2D eigenvalue weighted by Gasteiger charge is -2.38. The van der Waals surface area contributed by atoms with Crippen LogP contribution in [0.25, 0.3) is 0 Å². The van der Waals surface area contributed by atoms with Gasteiger partial charge in [-0.15, -0.1) is 0 Å². The van der Waals surface area contributed by atoms with E-state index < -0.39 is 6.04 Å². The van der Waals surface area contributed by atoms with Crippen LogP contribution in [0.1, 0.15) is 55.3 Å². The zero-order valence-corrected chi connectivity index (χ0v) is 20.9. The molecule has 1 heterocycles. The molecule has 4 rings (SSSR count). The van der Waals surface area contributed by atoms with Gasteiger partial charge >= 0.3 is 6.03 Å². The number of nitrogens with zero attached hydrogens (tertiary/aromatic N) is 1. The topological polar surface area (TPSA) is 89.1 Å². The maximum absolute atomic E-state index is 13.5. The Bertz CT molecular complexity index is 1050. The molecule has 0 spiro atoms. The molecule has 1 aliphatic carbocycles. The molecule has 8 heteroatoms. The number of urea groups is 1. The molecular weight excluding hydrogens is 446 g/mol. The second-order valence-corrected chi connectivity index (χ2v) is 9.19. The van der Waals surface area contributed by atoms with Crippen LogP contribution in [0.5, 0.6) is 17.2 Å². The molecule has 0 aromatic heterocycles. The van der Waals surface area contributed by atoms with Gasteiger partial charge in [-0.05, 0) is 67.1 Å². The number of nitrogens with one attached hydrogen (secondary N) is 2. The number of carbonyl (C=O) groups excluding carboxylic acids is 2. The van der Waals surface area contributed by atoms with Crippen molar-refractivity contribution in [2.75, 3.05) is 27.9 Å². The monoisotopic (exact) mass is 481 g/mol. The van der Waals surface area contributed by atoms with Gasteiger partial charge in [-0.25, -0.2) is 4.79 Å². The number of methoxy groups -OCH3 is 3. The first-order chi connectivity index (χ1) is 16.9. The van der Waals surface area contributed by atoms with Crippen LogP contribution in [-0.4, -0.2) is 56.8 Å². The van der Waals surface area contributed by atoms with Crippen LogP contribution < -0.4 is 24.8 Å². The normalized spacial score (nSPS) is 18.4. The lowest BCUT2D eigenvalue weighted by molar-refractivity contribution is -0.123. The van der Waals surface area contributed by atoms with Gasteiger partial charge in [0, 0.05) is 12.6 Å². The highest BCUT2D eigenvalue weighted by Gasteiger charge is 2.34. The van der Waals surface area contributed by atoms with E-state index in [2.05, 4.69) is 10.6 Å². The van der Waals surface area contributed by atoms with Crippen molar-refractivity contribution in [3.05, 3.63) is 53.1 Å². The Morgan fingerprint density at radius 3 is 2.26 bits per heavy atom. The van der Waals surface area contributed by atoms with Crippen LogP contribution in [0.4, 0.5) is 4.79 Å². The van der Waals surface area contributed by atoms with Gasteiger partial charge in [-0.3, -0.25) is 4.79 Å². The van der Waals surface area contributed by atoms with Crippen molar-refractivity contribution in [1.29, 1.82) is 0 Å². The van der Waals surface area contributed by atoms with Gasteiger partial charge in [0.15, 0.2) is 11.5 Å². The maximum Gasteiger partial charge on any atom is 0.318 e. The minimum atomic E-state index is -0.633. The van der Waals surface area contributed by atoms with Crippen LogP contribution in [0.3, 0.4) is 0 Å². The molecule has 8 nitrogen and oxygen atoms in total. The van der Waals surface area contributed by atoms with Crippen molar-refractivity contribution in [1.82, 2.24) is 15.5 Å². The van der Waals surface area contributed by atoms with Gasteiger partial charge in [-0.2, -0.15) is 0 Å². The molecule has 2 aromatic rings. The summed E-state index contributed by atoms with van der Waals surface area (Å²) in [4.78, 5) is 28.0. The van der Waals surface area contributed by atoms with Crippen LogP contribution in [-0.2, 0) is 11.2 Å². The van der Waals surface area contributed by atoms with Crippen LogP contribution in [0.2, 0.25) is 0 Å². The molecule has 0 saturated heterocycles. The summed E-state index contributed by atoms with van der Waals surface area (Å²) in [5.74, 6) is 1.87. The lowest BCUT2D eigenvalue weighted by Crippen LogP contribution is -2.53. The average molecular weight is 482 g/mol. The summed E-state index contributed by atoms with van der Waals surface area (Å²) in [7, 11) is 4.84. The van der Waals surface area contributed by atoms with E-state index in [1.807, 2.05) is 36.4 Å². The molecule has 3 amide bonds. The van der Waals surface area contributed by atoms with Crippen LogP contribution in [0, 0.1) is 0 Å². The number of hydrogen-bond donors (Lipinski definition) is 2. The van der Waals surface area contributed by atoms with Gasteiger partial charge < -0.3 is 29.7 Å². The summed E-state index contributed by atoms with van der Waals surface area (Å²) in [6.45, 7) is 2.23. The number of carbonyl (C=O) groups is 2. The third kappa shape index (κ3) is 5.31. The minimum Gasteiger partial charge on any atom is -0.497 e. The first kappa shape index (κ1) is 24.7. The van der Waals surface area contributed by atoms with Crippen LogP contribution in [0.15, 0.2) is 36.4 Å². The number of amides is 3. The first-order valence-electron chi connectivity index (χ1n) is 12.2. The standard InChI is InChI=1S/C27H35N3O5/c1-17(26(31)29-20-7-5-6-8-20)28-27(32)30-14-13-19-15-23(34-3)24(35-4)16-22(19)25(30)18-9-11-21(33-2)12-10-18/h9-12,15-17,20,25H,5-8,13-14H2,1-4H3,(H,28,32)(H,29,31)/t17-,25?/m1/s1. The molecule has 1 fully saturated rings. The van der Waals surface area contributed by atoms with Gasteiger partial charge in [0.1, 0.15) is 11.8 Å². The van der Waals surface area contributed by atoms with Crippen LogP contribution >= 0.6 is 0 Å².